The monoisotopic (exact) mass is 450 g/mol. The first-order chi connectivity index (χ1) is 14.6. The standard InChI is InChI=1S/C22H30N2O6S/c1-7-18(16-8-11-20(29-4)15(2)12-16)23-22(25)14-24(31(6,26)27)19-10-9-17(28-3)13-21(19)30-5/h8-13,18H,7,14H2,1-6H3,(H,23,25). The van der Waals surface area contributed by atoms with E-state index in [0.717, 1.165) is 27.4 Å². The van der Waals surface area contributed by atoms with E-state index < -0.39 is 15.9 Å². The Labute approximate surface area is 184 Å². The van der Waals surface area contributed by atoms with Gasteiger partial charge in [0, 0.05) is 6.07 Å². The van der Waals surface area contributed by atoms with Gasteiger partial charge >= 0.3 is 0 Å². The van der Waals surface area contributed by atoms with Crippen LogP contribution < -0.4 is 23.8 Å². The molecule has 0 bridgehead atoms. The van der Waals surface area contributed by atoms with E-state index in [1.165, 1.54) is 14.2 Å². The number of amides is 1. The van der Waals surface area contributed by atoms with Crippen LogP contribution in [0, 0.1) is 6.92 Å². The first-order valence-corrected chi connectivity index (χ1v) is 11.6. The van der Waals surface area contributed by atoms with Crippen molar-refractivity contribution in [1.29, 1.82) is 0 Å². The lowest BCUT2D eigenvalue weighted by molar-refractivity contribution is -0.120. The van der Waals surface area contributed by atoms with Gasteiger partial charge in [0.25, 0.3) is 0 Å². The molecule has 0 saturated carbocycles. The van der Waals surface area contributed by atoms with Gasteiger partial charge < -0.3 is 19.5 Å². The quantitative estimate of drug-likeness (QED) is 0.598. The van der Waals surface area contributed by atoms with E-state index in [2.05, 4.69) is 5.32 Å². The minimum atomic E-state index is -3.75. The Morgan fingerprint density at radius 3 is 2.23 bits per heavy atom. The first kappa shape index (κ1) is 24.3. The van der Waals surface area contributed by atoms with Crippen molar-refractivity contribution >= 4 is 21.6 Å². The predicted molar refractivity (Wildman–Crippen MR) is 121 cm³/mol. The van der Waals surface area contributed by atoms with E-state index >= 15 is 0 Å². The third-order valence-corrected chi connectivity index (χ3v) is 6.03. The molecule has 9 heteroatoms. The van der Waals surface area contributed by atoms with E-state index in [1.54, 1.807) is 25.3 Å². The third kappa shape index (κ3) is 6.04. The molecule has 31 heavy (non-hydrogen) atoms. The molecular weight excluding hydrogens is 420 g/mol. The number of ether oxygens (including phenoxy) is 3. The summed E-state index contributed by atoms with van der Waals surface area (Å²) in [6, 6.07) is 10.2. The largest absolute Gasteiger partial charge is 0.497 e. The molecule has 0 aliphatic rings. The summed E-state index contributed by atoms with van der Waals surface area (Å²) in [5.41, 5.74) is 2.13. The molecule has 0 saturated heterocycles. The molecule has 2 rings (SSSR count). The van der Waals surface area contributed by atoms with Crippen molar-refractivity contribution in [1.82, 2.24) is 5.32 Å². The summed E-state index contributed by atoms with van der Waals surface area (Å²) in [7, 11) is 0.783. The fourth-order valence-electron chi connectivity index (χ4n) is 3.28. The van der Waals surface area contributed by atoms with E-state index in [9.17, 15) is 13.2 Å². The molecule has 0 aromatic heterocycles. The number of hydrogen-bond acceptors (Lipinski definition) is 6. The van der Waals surface area contributed by atoms with Gasteiger partial charge in [0.2, 0.25) is 15.9 Å². The number of nitrogens with one attached hydrogen (secondary N) is 1. The number of benzene rings is 2. The van der Waals surface area contributed by atoms with Crippen molar-refractivity contribution < 1.29 is 27.4 Å². The second kappa shape index (κ2) is 10.4. The molecule has 2 aromatic carbocycles. The van der Waals surface area contributed by atoms with Crippen molar-refractivity contribution in [2.24, 2.45) is 0 Å². The zero-order valence-electron chi connectivity index (χ0n) is 18.8. The normalized spacial score (nSPS) is 12.1. The molecular formula is C22H30N2O6S. The van der Waals surface area contributed by atoms with Gasteiger partial charge in [-0.05, 0) is 42.7 Å². The van der Waals surface area contributed by atoms with Crippen LogP contribution in [-0.2, 0) is 14.8 Å². The van der Waals surface area contributed by atoms with Gasteiger partial charge in [-0.3, -0.25) is 9.10 Å². The lowest BCUT2D eigenvalue weighted by Crippen LogP contribution is -2.41. The summed E-state index contributed by atoms with van der Waals surface area (Å²) in [6.07, 6.45) is 1.69. The fourth-order valence-corrected chi connectivity index (χ4v) is 4.14. The number of aryl methyl sites for hydroxylation is 1. The first-order valence-electron chi connectivity index (χ1n) is 9.78. The molecule has 0 spiro atoms. The molecule has 170 valence electrons. The van der Waals surface area contributed by atoms with E-state index in [0.29, 0.717) is 12.2 Å². The van der Waals surface area contributed by atoms with Gasteiger partial charge in [-0.1, -0.05) is 19.1 Å². The van der Waals surface area contributed by atoms with Crippen LogP contribution in [0.15, 0.2) is 36.4 Å². The van der Waals surface area contributed by atoms with Gasteiger partial charge in [0.15, 0.2) is 0 Å². The van der Waals surface area contributed by atoms with Gasteiger partial charge in [-0.25, -0.2) is 8.42 Å². The molecule has 2 aromatic rings. The third-order valence-electron chi connectivity index (χ3n) is 4.91. The average Bonchev–Trinajstić information content (AvgIpc) is 2.74. The fraction of sp³-hybridized carbons (Fsp3) is 0.409. The Bertz CT molecular complexity index is 1020. The molecule has 8 nitrogen and oxygen atoms in total. The van der Waals surface area contributed by atoms with Gasteiger partial charge in [-0.15, -0.1) is 0 Å². The van der Waals surface area contributed by atoms with Gasteiger partial charge in [-0.2, -0.15) is 0 Å². The van der Waals surface area contributed by atoms with E-state index in [1.807, 2.05) is 32.0 Å². The average molecular weight is 451 g/mol. The van der Waals surface area contributed by atoms with Gasteiger partial charge in [0.05, 0.1) is 39.3 Å². The molecule has 1 atom stereocenters. The number of rotatable bonds is 10. The summed E-state index contributed by atoms with van der Waals surface area (Å²) in [5, 5.41) is 2.93. The molecule has 0 fully saturated rings. The maximum absolute atomic E-state index is 12.8. The highest BCUT2D eigenvalue weighted by molar-refractivity contribution is 7.92. The SMILES string of the molecule is CCC(NC(=O)CN(c1ccc(OC)cc1OC)S(C)(=O)=O)c1ccc(OC)c(C)c1. The van der Waals surface area contributed by atoms with E-state index in [4.69, 9.17) is 14.2 Å². The van der Waals surface area contributed by atoms with Crippen molar-refractivity contribution in [3.05, 3.63) is 47.5 Å². The smallest absolute Gasteiger partial charge is 0.241 e. The number of hydrogen-bond donors (Lipinski definition) is 1. The summed E-state index contributed by atoms with van der Waals surface area (Å²) >= 11 is 0. The van der Waals surface area contributed by atoms with Crippen molar-refractivity contribution in [3.8, 4) is 17.2 Å². The topological polar surface area (TPSA) is 94.2 Å². The molecule has 0 heterocycles. The second-order valence-electron chi connectivity index (χ2n) is 7.06. The highest BCUT2D eigenvalue weighted by Gasteiger charge is 2.25. The molecule has 0 aliphatic heterocycles. The summed E-state index contributed by atoms with van der Waals surface area (Å²) in [4.78, 5) is 12.8. The van der Waals surface area contributed by atoms with Crippen LogP contribution >= 0.6 is 0 Å². The maximum Gasteiger partial charge on any atom is 0.241 e. The Hall–Kier alpha value is -2.94. The van der Waals surface area contributed by atoms with Crippen LogP contribution in [0.4, 0.5) is 5.69 Å². The minimum absolute atomic E-state index is 0.259. The number of anilines is 1. The predicted octanol–water partition coefficient (Wildman–Crippen LogP) is 3.05. The van der Waals surface area contributed by atoms with Crippen LogP contribution in [0.2, 0.25) is 0 Å². The van der Waals surface area contributed by atoms with Crippen molar-refractivity contribution in [2.75, 3.05) is 38.4 Å². The summed E-state index contributed by atoms with van der Waals surface area (Å²) in [6.45, 7) is 3.50. The number of carbonyl (C=O) groups excluding carboxylic acids is 1. The Morgan fingerprint density at radius 1 is 1.03 bits per heavy atom. The maximum atomic E-state index is 12.8. The summed E-state index contributed by atoms with van der Waals surface area (Å²) < 4.78 is 41.7. The lowest BCUT2D eigenvalue weighted by atomic mass is 10.0. The van der Waals surface area contributed by atoms with Crippen molar-refractivity contribution in [2.45, 2.75) is 26.3 Å². The Kier molecular flexibility index (Phi) is 8.15. The zero-order chi connectivity index (χ0) is 23.2. The minimum Gasteiger partial charge on any atom is -0.497 e. The molecule has 1 unspecified atom stereocenters. The molecule has 0 aliphatic carbocycles. The Morgan fingerprint density at radius 2 is 1.71 bits per heavy atom. The molecule has 0 radical (unpaired) electrons. The number of sulfonamides is 1. The summed E-state index contributed by atoms with van der Waals surface area (Å²) in [5.74, 6) is 1.14. The van der Waals surface area contributed by atoms with Gasteiger partial charge in [0.1, 0.15) is 23.8 Å². The lowest BCUT2D eigenvalue weighted by Gasteiger charge is -2.25. The number of nitrogens with zero attached hydrogens (tertiary/aromatic N) is 1. The molecule has 1 amide bonds. The van der Waals surface area contributed by atoms with Crippen LogP contribution in [0.25, 0.3) is 0 Å². The number of carbonyl (C=O) groups is 1. The van der Waals surface area contributed by atoms with Crippen LogP contribution in [0.3, 0.4) is 0 Å². The second-order valence-corrected chi connectivity index (χ2v) is 8.97. The van der Waals surface area contributed by atoms with Crippen LogP contribution in [0.1, 0.15) is 30.5 Å². The van der Waals surface area contributed by atoms with Crippen LogP contribution in [0.5, 0.6) is 17.2 Å². The zero-order valence-corrected chi connectivity index (χ0v) is 19.6. The van der Waals surface area contributed by atoms with Crippen LogP contribution in [-0.4, -0.2) is 48.5 Å². The van der Waals surface area contributed by atoms with Crippen molar-refractivity contribution in [3.63, 3.8) is 0 Å². The highest BCUT2D eigenvalue weighted by atomic mass is 32.2. The molecule has 1 N–H and O–H groups in total. The number of methoxy groups -OCH3 is 3. The Balaban J connectivity index is 2.28. The highest BCUT2D eigenvalue weighted by Crippen LogP contribution is 2.33. The van der Waals surface area contributed by atoms with E-state index in [-0.39, 0.29) is 24.0 Å².